The van der Waals surface area contributed by atoms with Crippen LogP contribution in [0.2, 0.25) is 0 Å². The highest BCUT2D eigenvalue weighted by Crippen LogP contribution is 2.10. The molecule has 0 aromatic carbocycles. The Hall–Kier alpha value is -0.650. The predicted octanol–water partition coefficient (Wildman–Crippen LogP) is 1.04. The lowest BCUT2D eigenvalue weighted by molar-refractivity contribution is -0.123. The van der Waals surface area contributed by atoms with Crippen LogP contribution in [0.25, 0.3) is 0 Å². The third-order valence-corrected chi connectivity index (χ3v) is 4.31. The minimum absolute atomic E-state index is 0.160. The first-order chi connectivity index (χ1) is 10.1. The highest BCUT2D eigenvalue weighted by Gasteiger charge is 2.23. The SMILES string of the molecule is CCCC(C)NC(=O)CN1CCN(C(CN)CCC)CC1. The number of carbonyl (C=O) groups excluding carboxylic acids is 1. The van der Waals surface area contributed by atoms with E-state index in [1.54, 1.807) is 0 Å². The second-order valence-corrected chi connectivity index (χ2v) is 6.25. The second-order valence-electron chi connectivity index (χ2n) is 6.25. The van der Waals surface area contributed by atoms with Crippen molar-refractivity contribution in [3.63, 3.8) is 0 Å². The third-order valence-electron chi connectivity index (χ3n) is 4.31. The van der Waals surface area contributed by atoms with Gasteiger partial charge in [0.2, 0.25) is 5.91 Å². The molecule has 1 saturated heterocycles. The van der Waals surface area contributed by atoms with Crippen LogP contribution in [-0.2, 0) is 4.79 Å². The Bertz CT molecular complexity index is 290. The molecular formula is C16H34N4O. The van der Waals surface area contributed by atoms with Gasteiger partial charge in [0.25, 0.3) is 0 Å². The maximum absolute atomic E-state index is 12.0. The van der Waals surface area contributed by atoms with Crippen molar-refractivity contribution in [3.05, 3.63) is 0 Å². The van der Waals surface area contributed by atoms with Gasteiger partial charge < -0.3 is 11.1 Å². The number of piperazine rings is 1. The molecule has 3 N–H and O–H groups in total. The molecule has 124 valence electrons. The summed E-state index contributed by atoms with van der Waals surface area (Å²) in [5.41, 5.74) is 5.87. The van der Waals surface area contributed by atoms with Crippen molar-refractivity contribution in [2.45, 2.75) is 58.5 Å². The molecule has 2 atom stereocenters. The maximum atomic E-state index is 12.0. The molecule has 21 heavy (non-hydrogen) atoms. The van der Waals surface area contributed by atoms with E-state index >= 15 is 0 Å². The number of carbonyl (C=O) groups is 1. The highest BCUT2D eigenvalue weighted by molar-refractivity contribution is 5.78. The van der Waals surface area contributed by atoms with Gasteiger partial charge in [-0.2, -0.15) is 0 Å². The van der Waals surface area contributed by atoms with Crippen LogP contribution < -0.4 is 11.1 Å². The molecule has 0 spiro atoms. The van der Waals surface area contributed by atoms with Crippen LogP contribution in [-0.4, -0.2) is 67.1 Å². The van der Waals surface area contributed by atoms with Crippen LogP contribution in [0.5, 0.6) is 0 Å². The minimum Gasteiger partial charge on any atom is -0.353 e. The summed E-state index contributed by atoms with van der Waals surface area (Å²) in [7, 11) is 0. The molecule has 2 unspecified atom stereocenters. The summed E-state index contributed by atoms with van der Waals surface area (Å²) >= 11 is 0. The molecule has 1 aliphatic rings. The monoisotopic (exact) mass is 298 g/mol. The Morgan fingerprint density at radius 1 is 1.14 bits per heavy atom. The molecule has 1 amide bonds. The molecule has 5 heteroatoms. The lowest BCUT2D eigenvalue weighted by Crippen LogP contribution is -2.54. The van der Waals surface area contributed by atoms with E-state index in [4.69, 9.17) is 5.73 Å². The van der Waals surface area contributed by atoms with Crippen LogP contribution in [0, 0.1) is 0 Å². The van der Waals surface area contributed by atoms with Crippen LogP contribution in [0.3, 0.4) is 0 Å². The summed E-state index contributed by atoms with van der Waals surface area (Å²) in [5, 5.41) is 3.08. The number of rotatable bonds is 9. The first kappa shape index (κ1) is 18.4. The van der Waals surface area contributed by atoms with Gasteiger partial charge in [-0.25, -0.2) is 0 Å². The van der Waals surface area contributed by atoms with Crippen molar-refractivity contribution in [1.29, 1.82) is 0 Å². The molecule has 1 fully saturated rings. The molecule has 0 bridgehead atoms. The molecule has 0 radical (unpaired) electrons. The van der Waals surface area contributed by atoms with Gasteiger partial charge in [0.1, 0.15) is 0 Å². The quantitative estimate of drug-likeness (QED) is 0.667. The average Bonchev–Trinajstić information content (AvgIpc) is 2.45. The highest BCUT2D eigenvalue weighted by atomic mass is 16.2. The fourth-order valence-electron chi connectivity index (χ4n) is 3.10. The third kappa shape index (κ3) is 6.76. The van der Waals surface area contributed by atoms with Crippen molar-refractivity contribution >= 4 is 5.91 Å². The van der Waals surface area contributed by atoms with Crippen LogP contribution in [0.4, 0.5) is 0 Å². The first-order valence-corrected chi connectivity index (χ1v) is 8.56. The van der Waals surface area contributed by atoms with Crippen molar-refractivity contribution in [3.8, 4) is 0 Å². The largest absolute Gasteiger partial charge is 0.353 e. The van der Waals surface area contributed by atoms with Crippen molar-refractivity contribution in [2.24, 2.45) is 5.73 Å². The average molecular weight is 298 g/mol. The molecule has 1 aliphatic heterocycles. The zero-order chi connectivity index (χ0) is 15.7. The van der Waals surface area contributed by atoms with Crippen LogP contribution in [0.1, 0.15) is 46.5 Å². The Balaban J connectivity index is 2.28. The van der Waals surface area contributed by atoms with E-state index in [-0.39, 0.29) is 11.9 Å². The van der Waals surface area contributed by atoms with Crippen molar-refractivity contribution in [1.82, 2.24) is 15.1 Å². The lowest BCUT2D eigenvalue weighted by atomic mass is 10.1. The summed E-state index contributed by atoms with van der Waals surface area (Å²) in [6, 6.07) is 0.797. The van der Waals surface area contributed by atoms with Crippen LogP contribution in [0.15, 0.2) is 0 Å². The van der Waals surface area contributed by atoms with Gasteiger partial charge in [0.05, 0.1) is 6.54 Å². The molecule has 0 aromatic heterocycles. The van der Waals surface area contributed by atoms with Gasteiger partial charge in [0.15, 0.2) is 0 Å². The topological polar surface area (TPSA) is 61.6 Å². The minimum atomic E-state index is 0.160. The van der Waals surface area contributed by atoms with Gasteiger partial charge in [0, 0.05) is 44.8 Å². The number of hydrogen-bond donors (Lipinski definition) is 2. The van der Waals surface area contributed by atoms with E-state index < -0.39 is 0 Å². The Morgan fingerprint density at radius 3 is 2.29 bits per heavy atom. The molecular weight excluding hydrogens is 264 g/mol. The number of nitrogens with one attached hydrogen (secondary N) is 1. The first-order valence-electron chi connectivity index (χ1n) is 8.56. The van der Waals surface area contributed by atoms with Gasteiger partial charge in [-0.15, -0.1) is 0 Å². The van der Waals surface area contributed by atoms with E-state index in [1.807, 2.05) is 0 Å². The second kappa shape index (κ2) is 10.1. The van der Waals surface area contributed by atoms with Gasteiger partial charge >= 0.3 is 0 Å². The van der Waals surface area contributed by atoms with Crippen molar-refractivity contribution in [2.75, 3.05) is 39.3 Å². The Morgan fingerprint density at radius 2 is 1.76 bits per heavy atom. The number of amides is 1. The van der Waals surface area contributed by atoms with E-state index in [0.717, 1.165) is 45.6 Å². The van der Waals surface area contributed by atoms with E-state index in [2.05, 4.69) is 35.9 Å². The smallest absolute Gasteiger partial charge is 0.234 e. The maximum Gasteiger partial charge on any atom is 0.234 e. The van der Waals surface area contributed by atoms with Crippen molar-refractivity contribution < 1.29 is 4.79 Å². The van der Waals surface area contributed by atoms with Gasteiger partial charge in [-0.1, -0.05) is 26.7 Å². The molecule has 1 heterocycles. The van der Waals surface area contributed by atoms with E-state index in [0.29, 0.717) is 12.6 Å². The molecule has 0 aromatic rings. The lowest BCUT2D eigenvalue weighted by Gasteiger charge is -2.38. The predicted molar refractivity (Wildman–Crippen MR) is 88.3 cm³/mol. The van der Waals surface area contributed by atoms with Gasteiger partial charge in [-0.05, 0) is 19.8 Å². The summed E-state index contributed by atoms with van der Waals surface area (Å²) in [6.45, 7) is 11.7. The van der Waals surface area contributed by atoms with Crippen LogP contribution >= 0.6 is 0 Å². The summed E-state index contributed by atoms with van der Waals surface area (Å²) in [5.74, 6) is 0.160. The zero-order valence-corrected chi connectivity index (χ0v) is 14.1. The number of nitrogens with two attached hydrogens (primary N) is 1. The van der Waals surface area contributed by atoms with Gasteiger partial charge in [-0.3, -0.25) is 14.6 Å². The zero-order valence-electron chi connectivity index (χ0n) is 14.1. The molecule has 1 rings (SSSR count). The van der Waals surface area contributed by atoms with E-state index in [1.165, 1.54) is 12.8 Å². The van der Waals surface area contributed by atoms with E-state index in [9.17, 15) is 4.79 Å². The molecule has 0 saturated carbocycles. The molecule has 5 nitrogen and oxygen atoms in total. The summed E-state index contributed by atoms with van der Waals surface area (Å²) in [6.07, 6.45) is 4.51. The molecule has 0 aliphatic carbocycles. The Labute approximate surface area is 130 Å². The standard InChI is InChI=1S/C16H34N4O/c1-4-6-14(3)18-16(21)13-19-8-10-20(11-9-19)15(12-17)7-5-2/h14-15H,4-13,17H2,1-3H3,(H,18,21). The fraction of sp³-hybridized carbons (Fsp3) is 0.938. The Kier molecular flexibility index (Phi) is 8.88. The fourth-order valence-corrected chi connectivity index (χ4v) is 3.10. The summed E-state index contributed by atoms with van der Waals surface area (Å²) in [4.78, 5) is 16.7. The number of nitrogens with zero attached hydrogens (tertiary/aromatic N) is 2. The normalized spacial score (nSPS) is 20.2. The number of hydrogen-bond acceptors (Lipinski definition) is 4. The summed E-state index contributed by atoms with van der Waals surface area (Å²) < 4.78 is 0.